The van der Waals surface area contributed by atoms with Crippen LogP contribution in [-0.4, -0.2) is 14.9 Å². The van der Waals surface area contributed by atoms with Crippen LogP contribution in [-0.2, 0) is 6.18 Å². The second-order valence-corrected chi connectivity index (χ2v) is 7.18. The molecule has 0 atom stereocenters. The molecule has 0 radical (unpaired) electrons. The molecule has 0 amide bonds. The van der Waals surface area contributed by atoms with Crippen molar-refractivity contribution < 1.29 is 22.8 Å². The molecule has 0 spiro atoms. The quantitative estimate of drug-likeness (QED) is 0.330. The van der Waals surface area contributed by atoms with Crippen LogP contribution >= 0.6 is 11.6 Å². The van der Waals surface area contributed by atoms with Gasteiger partial charge in [0.2, 0.25) is 5.82 Å². The van der Waals surface area contributed by atoms with Crippen LogP contribution < -0.4 is 10.1 Å². The molecule has 162 valence electrons. The molecule has 1 heterocycles. The van der Waals surface area contributed by atoms with E-state index >= 15 is 0 Å². The fourth-order valence-corrected chi connectivity index (χ4v) is 2.91. The largest absolute Gasteiger partial charge is 0.434 e. The zero-order valence-electron chi connectivity index (χ0n) is 16.3. The molecule has 3 aromatic rings. The first-order valence-electron chi connectivity index (χ1n) is 8.97. The van der Waals surface area contributed by atoms with Gasteiger partial charge in [0.05, 0.1) is 15.5 Å². The summed E-state index contributed by atoms with van der Waals surface area (Å²) < 4.78 is 44.8. The Labute approximate surface area is 180 Å². The van der Waals surface area contributed by atoms with E-state index in [1.165, 1.54) is 6.07 Å². The first-order valence-corrected chi connectivity index (χ1v) is 9.35. The highest BCUT2D eigenvalue weighted by Crippen LogP contribution is 2.39. The lowest BCUT2D eigenvalue weighted by atomic mass is 10.0. The lowest BCUT2D eigenvalue weighted by Crippen LogP contribution is -2.07. The minimum atomic E-state index is -4.69. The molecule has 0 unspecified atom stereocenters. The number of nitro groups is 1. The van der Waals surface area contributed by atoms with Crippen LogP contribution in [0.5, 0.6) is 11.6 Å². The van der Waals surface area contributed by atoms with Crippen molar-refractivity contribution >= 4 is 28.8 Å². The van der Waals surface area contributed by atoms with Crippen LogP contribution in [0.3, 0.4) is 0 Å². The molecule has 1 aromatic heterocycles. The number of alkyl halides is 3. The topological polar surface area (TPSA) is 90.2 Å². The van der Waals surface area contributed by atoms with E-state index in [4.69, 9.17) is 16.3 Å². The molecule has 0 saturated carbocycles. The highest BCUT2D eigenvalue weighted by molar-refractivity contribution is 6.31. The zero-order chi connectivity index (χ0) is 22.8. The van der Waals surface area contributed by atoms with E-state index in [0.717, 1.165) is 24.0 Å². The van der Waals surface area contributed by atoms with Gasteiger partial charge < -0.3 is 10.1 Å². The first kappa shape index (κ1) is 22.3. The summed E-state index contributed by atoms with van der Waals surface area (Å²) in [5.41, 5.74) is -0.752. The number of halogens is 4. The Bertz CT molecular complexity index is 1110. The van der Waals surface area contributed by atoms with E-state index in [9.17, 15) is 23.3 Å². The van der Waals surface area contributed by atoms with E-state index < -0.39 is 27.4 Å². The van der Waals surface area contributed by atoms with Gasteiger partial charge in [0, 0.05) is 5.69 Å². The van der Waals surface area contributed by atoms with Crippen LogP contribution in [0, 0.1) is 10.1 Å². The summed E-state index contributed by atoms with van der Waals surface area (Å²) in [6.45, 7) is 4.04. The molecule has 0 aliphatic heterocycles. The maximum atomic E-state index is 13.1. The molecule has 0 aliphatic carbocycles. The molecule has 11 heteroatoms. The van der Waals surface area contributed by atoms with E-state index in [-0.39, 0.29) is 17.4 Å². The predicted octanol–water partition coefficient (Wildman–Crippen LogP) is 6.72. The highest BCUT2D eigenvalue weighted by Gasteiger charge is 2.34. The second-order valence-electron chi connectivity index (χ2n) is 6.78. The van der Waals surface area contributed by atoms with Gasteiger partial charge in [0.15, 0.2) is 0 Å². The predicted molar refractivity (Wildman–Crippen MR) is 109 cm³/mol. The van der Waals surface area contributed by atoms with Gasteiger partial charge in [-0.15, -0.1) is 0 Å². The first-order chi connectivity index (χ1) is 14.6. The van der Waals surface area contributed by atoms with Crippen LogP contribution in [0.2, 0.25) is 5.02 Å². The Hall–Kier alpha value is -3.40. The van der Waals surface area contributed by atoms with Gasteiger partial charge in [-0.25, -0.2) is 4.98 Å². The smallest absolute Gasteiger partial charge is 0.417 e. The standard InChI is InChI=1S/C20H16ClF3N4O3/c1-11(2)12-3-6-14(7-4-12)31-19-17(28(29)30)18(25-10-26-19)27-13-5-8-16(21)15(9-13)20(22,23)24/h3-11H,1-2H3,(H,25,26,27). The van der Waals surface area contributed by atoms with Crippen molar-refractivity contribution in [2.75, 3.05) is 5.32 Å². The monoisotopic (exact) mass is 452 g/mol. The van der Waals surface area contributed by atoms with Gasteiger partial charge in [-0.2, -0.15) is 18.2 Å². The number of hydrogen-bond donors (Lipinski definition) is 1. The minimum Gasteiger partial charge on any atom is -0.434 e. The number of anilines is 2. The van der Waals surface area contributed by atoms with Crippen LogP contribution in [0.25, 0.3) is 0 Å². The van der Waals surface area contributed by atoms with E-state index in [2.05, 4.69) is 15.3 Å². The molecule has 2 aromatic carbocycles. The molecule has 0 saturated heterocycles. The number of nitrogens with zero attached hydrogens (tertiary/aromatic N) is 3. The van der Waals surface area contributed by atoms with Gasteiger partial charge in [-0.05, 0) is 41.8 Å². The Kier molecular flexibility index (Phi) is 6.30. The summed E-state index contributed by atoms with van der Waals surface area (Å²) in [6, 6.07) is 9.94. The Morgan fingerprint density at radius 1 is 1.13 bits per heavy atom. The fourth-order valence-electron chi connectivity index (χ4n) is 2.68. The molecule has 7 nitrogen and oxygen atoms in total. The van der Waals surface area contributed by atoms with E-state index in [1.54, 1.807) is 12.1 Å². The average molecular weight is 453 g/mol. The number of nitrogens with one attached hydrogen (secondary N) is 1. The van der Waals surface area contributed by atoms with Crippen molar-refractivity contribution in [3.63, 3.8) is 0 Å². The third-order valence-electron chi connectivity index (χ3n) is 4.27. The van der Waals surface area contributed by atoms with Crippen molar-refractivity contribution in [3.05, 3.63) is 75.1 Å². The number of benzene rings is 2. The highest BCUT2D eigenvalue weighted by atomic mass is 35.5. The molecule has 31 heavy (non-hydrogen) atoms. The van der Waals surface area contributed by atoms with E-state index in [1.807, 2.05) is 26.0 Å². The van der Waals surface area contributed by atoms with Gasteiger partial charge in [0.1, 0.15) is 12.1 Å². The van der Waals surface area contributed by atoms with Crippen molar-refractivity contribution in [1.82, 2.24) is 9.97 Å². The maximum Gasteiger partial charge on any atom is 0.417 e. The third kappa shape index (κ3) is 5.21. The lowest BCUT2D eigenvalue weighted by molar-refractivity contribution is -0.385. The van der Waals surface area contributed by atoms with Crippen LogP contribution in [0.15, 0.2) is 48.8 Å². The summed E-state index contributed by atoms with van der Waals surface area (Å²) in [5, 5.41) is 13.7. The second kappa shape index (κ2) is 8.76. The number of rotatable bonds is 6. The normalized spacial score (nSPS) is 11.5. The summed E-state index contributed by atoms with van der Waals surface area (Å²) in [5.74, 6) is -0.0868. The van der Waals surface area contributed by atoms with Crippen LogP contribution in [0.1, 0.15) is 30.9 Å². The lowest BCUT2D eigenvalue weighted by Gasteiger charge is -2.13. The average Bonchev–Trinajstić information content (AvgIpc) is 2.69. The molecule has 3 rings (SSSR count). The molecular weight excluding hydrogens is 437 g/mol. The Morgan fingerprint density at radius 3 is 2.39 bits per heavy atom. The Morgan fingerprint density at radius 2 is 1.81 bits per heavy atom. The van der Waals surface area contributed by atoms with Crippen LogP contribution in [0.4, 0.5) is 30.4 Å². The SMILES string of the molecule is CC(C)c1ccc(Oc2ncnc(Nc3ccc(Cl)c(C(F)(F)F)c3)c2[N+](=O)[O-])cc1. The number of ether oxygens (including phenoxy) is 1. The number of hydrogen-bond acceptors (Lipinski definition) is 6. The van der Waals surface area contributed by atoms with Gasteiger partial charge in [-0.3, -0.25) is 10.1 Å². The Balaban J connectivity index is 1.95. The van der Waals surface area contributed by atoms with Gasteiger partial charge >= 0.3 is 17.7 Å². The molecule has 0 bridgehead atoms. The molecule has 0 fully saturated rings. The maximum absolute atomic E-state index is 13.1. The van der Waals surface area contributed by atoms with Gasteiger partial charge in [0.25, 0.3) is 0 Å². The summed E-state index contributed by atoms with van der Waals surface area (Å²) in [7, 11) is 0. The third-order valence-corrected chi connectivity index (χ3v) is 4.60. The molecule has 0 aliphatic rings. The fraction of sp³-hybridized carbons (Fsp3) is 0.200. The van der Waals surface area contributed by atoms with Crippen molar-refractivity contribution in [2.24, 2.45) is 0 Å². The minimum absolute atomic E-state index is 0.0919. The summed E-state index contributed by atoms with van der Waals surface area (Å²) in [4.78, 5) is 18.5. The van der Waals surface area contributed by atoms with E-state index in [0.29, 0.717) is 11.7 Å². The molecular formula is C20H16ClF3N4O3. The van der Waals surface area contributed by atoms with Gasteiger partial charge in [-0.1, -0.05) is 37.6 Å². The van der Waals surface area contributed by atoms with Crippen molar-refractivity contribution in [1.29, 1.82) is 0 Å². The molecule has 1 N–H and O–H groups in total. The number of aromatic nitrogens is 2. The van der Waals surface area contributed by atoms with Crippen molar-refractivity contribution in [3.8, 4) is 11.6 Å². The summed E-state index contributed by atoms with van der Waals surface area (Å²) in [6.07, 6.45) is -3.68. The summed E-state index contributed by atoms with van der Waals surface area (Å²) >= 11 is 5.61. The zero-order valence-corrected chi connectivity index (χ0v) is 17.0. The van der Waals surface area contributed by atoms with Crippen molar-refractivity contribution in [2.45, 2.75) is 25.9 Å².